The number of nitrogens with one attached hydrogen (secondary N) is 1. The van der Waals surface area contributed by atoms with Crippen LogP contribution in [0, 0.1) is 0 Å². The van der Waals surface area contributed by atoms with Crippen molar-refractivity contribution in [2.75, 3.05) is 14.2 Å². The zero-order valence-corrected chi connectivity index (χ0v) is 11.7. The van der Waals surface area contributed by atoms with Crippen LogP contribution in [0.1, 0.15) is 25.3 Å². The normalized spacial score (nSPS) is 11.8. The van der Waals surface area contributed by atoms with Crippen molar-refractivity contribution >= 4 is 5.91 Å². The Kier molecular flexibility index (Phi) is 6.15. The highest BCUT2D eigenvalue weighted by molar-refractivity contribution is 5.81. The van der Waals surface area contributed by atoms with Crippen LogP contribution >= 0.6 is 0 Å². The molecule has 3 N–H and O–H groups in total. The molecule has 0 saturated carbocycles. The summed E-state index contributed by atoms with van der Waals surface area (Å²) in [5.41, 5.74) is 6.61. The van der Waals surface area contributed by atoms with Gasteiger partial charge in [0.1, 0.15) is 11.5 Å². The lowest BCUT2D eigenvalue weighted by atomic mass is 10.1. The smallest absolute Gasteiger partial charge is 0.237 e. The Morgan fingerprint density at radius 3 is 2.68 bits per heavy atom. The van der Waals surface area contributed by atoms with Crippen LogP contribution in [0.2, 0.25) is 0 Å². The molecule has 19 heavy (non-hydrogen) atoms. The topological polar surface area (TPSA) is 73.6 Å². The molecule has 5 heteroatoms. The van der Waals surface area contributed by atoms with Crippen molar-refractivity contribution in [3.63, 3.8) is 0 Å². The van der Waals surface area contributed by atoms with E-state index < -0.39 is 6.04 Å². The Morgan fingerprint density at radius 1 is 1.37 bits per heavy atom. The zero-order chi connectivity index (χ0) is 14.3. The summed E-state index contributed by atoms with van der Waals surface area (Å²) in [7, 11) is 3.19. The third kappa shape index (κ3) is 4.44. The molecule has 1 unspecified atom stereocenters. The summed E-state index contributed by atoms with van der Waals surface area (Å²) in [5, 5.41) is 2.81. The molecule has 0 aliphatic carbocycles. The summed E-state index contributed by atoms with van der Waals surface area (Å²) in [6.45, 7) is 2.37. The van der Waals surface area contributed by atoms with Crippen LogP contribution in [0.5, 0.6) is 11.5 Å². The number of hydrogen-bond donors (Lipinski definition) is 2. The van der Waals surface area contributed by atoms with Crippen LogP contribution in [-0.4, -0.2) is 26.2 Å². The monoisotopic (exact) mass is 266 g/mol. The summed E-state index contributed by atoms with van der Waals surface area (Å²) in [5.74, 6) is 1.29. The van der Waals surface area contributed by atoms with Crippen molar-refractivity contribution in [3.8, 4) is 11.5 Å². The van der Waals surface area contributed by atoms with Crippen molar-refractivity contribution in [1.82, 2.24) is 5.32 Å². The molecule has 0 saturated heterocycles. The SMILES string of the molecule is CCCC(N)C(=O)NCc1cc(OC)ccc1OC. The predicted octanol–water partition coefficient (Wildman–Crippen LogP) is 1.45. The number of methoxy groups -OCH3 is 2. The zero-order valence-electron chi connectivity index (χ0n) is 11.7. The highest BCUT2D eigenvalue weighted by atomic mass is 16.5. The largest absolute Gasteiger partial charge is 0.497 e. The van der Waals surface area contributed by atoms with E-state index in [1.165, 1.54) is 0 Å². The minimum atomic E-state index is -0.457. The molecule has 0 fully saturated rings. The minimum Gasteiger partial charge on any atom is -0.497 e. The first-order valence-electron chi connectivity index (χ1n) is 6.36. The van der Waals surface area contributed by atoms with Crippen molar-refractivity contribution < 1.29 is 14.3 Å². The second kappa shape index (κ2) is 7.63. The van der Waals surface area contributed by atoms with Crippen LogP contribution in [-0.2, 0) is 11.3 Å². The lowest BCUT2D eigenvalue weighted by Crippen LogP contribution is -2.40. The average Bonchev–Trinajstić information content (AvgIpc) is 2.44. The fraction of sp³-hybridized carbons (Fsp3) is 0.500. The van der Waals surface area contributed by atoms with Crippen molar-refractivity contribution in [2.45, 2.75) is 32.4 Å². The van der Waals surface area contributed by atoms with Gasteiger partial charge in [0.2, 0.25) is 5.91 Å². The van der Waals surface area contributed by atoms with E-state index in [1.54, 1.807) is 14.2 Å². The Morgan fingerprint density at radius 2 is 2.11 bits per heavy atom. The van der Waals surface area contributed by atoms with Gasteiger partial charge in [-0.05, 0) is 24.6 Å². The maximum atomic E-state index is 11.8. The summed E-state index contributed by atoms with van der Waals surface area (Å²) in [6.07, 6.45) is 1.57. The van der Waals surface area contributed by atoms with E-state index in [4.69, 9.17) is 15.2 Å². The number of rotatable bonds is 7. The van der Waals surface area contributed by atoms with Crippen LogP contribution < -0.4 is 20.5 Å². The van der Waals surface area contributed by atoms with Gasteiger partial charge in [0.05, 0.1) is 20.3 Å². The van der Waals surface area contributed by atoms with E-state index in [0.717, 1.165) is 17.7 Å². The maximum absolute atomic E-state index is 11.8. The van der Waals surface area contributed by atoms with Gasteiger partial charge in [0, 0.05) is 12.1 Å². The molecule has 0 aliphatic heterocycles. The molecule has 1 aromatic carbocycles. The van der Waals surface area contributed by atoms with Crippen molar-refractivity contribution in [1.29, 1.82) is 0 Å². The molecular weight excluding hydrogens is 244 g/mol. The predicted molar refractivity (Wildman–Crippen MR) is 74.3 cm³/mol. The third-order valence-corrected chi connectivity index (χ3v) is 2.88. The van der Waals surface area contributed by atoms with E-state index in [0.29, 0.717) is 18.7 Å². The van der Waals surface area contributed by atoms with Gasteiger partial charge in [0.15, 0.2) is 0 Å². The van der Waals surface area contributed by atoms with Crippen LogP contribution in [0.4, 0.5) is 0 Å². The number of ether oxygens (including phenoxy) is 2. The molecular formula is C14H22N2O3. The lowest BCUT2D eigenvalue weighted by molar-refractivity contribution is -0.122. The number of nitrogens with two attached hydrogens (primary N) is 1. The maximum Gasteiger partial charge on any atom is 0.237 e. The van der Waals surface area contributed by atoms with Crippen LogP contribution in [0.25, 0.3) is 0 Å². The highest BCUT2D eigenvalue weighted by Gasteiger charge is 2.13. The Bertz CT molecular complexity index is 421. The van der Waals surface area contributed by atoms with Gasteiger partial charge in [-0.1, -0.05) is 13.3 Å². The molecule has 5 nitrogen and oxygen atoms in total. The van der Waals surface area contributed by atoms with E-state index in [2.05, 4.69) is 5.32 Å². The minimum absolute atomic E-state index is 0.147. The molecule has 0 aliphatic rings. The van der Waals surface area contributed by atoms with Crippen LogP contribution in [0.15, 0.2) is 18.2 Å². The number of hydrogen-bond acceptors (Lipinski definition) is 4. The molecule has 1 aromatic rings. The second-order valence-corrected chi connectivity index (χ2v) is 4.29. The average molecular weight is 266 g/mol. The molecule has 0 radical (unpaired) electrons. The first-order chi connectivity index (χ1) is 9.12. The fourth-order valence-electron chi connectivity index (χ4n) is 1.78. The molecule has 1 atom stereocenters. The Hall–Kier alpha value is -1.75. The van der Waals surface area contributed by atoms with Crippen molar-refractivity contribution in [3.05, 3.63) is 23.8 Å². The number of amides is 1. The van der Waals surface area contributed by atoms with E-state index >= 15 is 0 Å². The molecule has 1 rings (SSSR count). The van der Waals surface area contributed by atoms with E-state index in [9.17, 15) is 4.79 Å². The highest BCUT2D eigenvalue weighted by Crippen LogP contribution is 2.23. The standard InChI is InChI=1S/C14H22N2O3/c1-4-5-12(15)14(17)16-9-10-8-11(18-2)6-7-13(10)19-3/h6-8,12H,4-5,9,15H2,1-3H3,(H,16,17). The summed E-state index contributed by atoms with van der Waals surface area (Å²) in [6, 6.07) is 5.01. The molecule has 0 heterocycles. The first kappa shape index (κ1) is 15.3. The molecule has 0 bridgehead atoms. The second-order valence-electron chi connectivity index (χ2n) is 4.29. The molecule has 0 aromatic heterocycles. The van der Waals surface area contributed by atoms with Gasteiger partial charge in [-0.2, -0.15) is 0 Å². The summed E-state index contributed by atoms with van der Waals surface area (Å²) in [4.78, 5) is 11.8. The first-order valence-corrected chi connectivity index (χ1v) is 6.36. The molecule has 0 spiro atoms. The molecule has 1 amide bonds. The summed E-state index contributed by atoms with van der Waals surface area (Å²) >= 11 is 0. The number of carbonyl (C=O) groups excluding carboxylic acids is 1. The van der Waals surface area contributed by atoms with Gasteiger partial charge in [-0.25, -0.2) is 0 Å². The third-order valence-electron chi connectivity index (χ3n) is 2.88. The van der Waals surface area contributed by atoms with Gasteiger partial charge >= 0.3 is 0 Å². The Balaban J connectivity index is 2.68. The quantitative estimate of drug-likeness (QED) is 0.783. The van der Waals surface area contributed by atoms with Gasteiger partial charge in [-0.15, -0.1) is 0 Å². The van der Waals surface area contributed by atoms with Crippen molar-refractivity contribution in [2.24, 2.45) is 5.73 Å². The van der Waals surface area contributed by atoms with Gasteiger partial charge in [0.25, 0.3) is 0 Å². The van der Waals surface area contributed by atoms with E-state index in [1.807, 2.05) is 25.1 Å². The van der Waals surface area contributed by atoms with E-state index in [-0.39, 0.29) is 5.91 Å². The Labute approximate surface area is 114 Å². The van der Waals surface area contributed by atoms with Gasteiger partial charge < -0.3 is 20.5 Å². The molecule has 106 valence electrons. The number of benzene rings is 1. The number of carbonyl (C=O) groups is 1. The van der Waals surface area contributed by atoms with Crippen LogP contribution in [0.3, 0.4) is 0 Å². The van der Waals surface area contributed by atoms with Gasteiger partial charge in [-0.3, -0.25) is 4.79 Å². The lowest BCUT2D eigenvalue weighted by Gasteiger charge is -2.14. The summed E-state index contributed by atoms with van der Waals surface area (Å²) < 4.78 is 10.4. The fourth-order valence-corrected chi connectivity index (χ4v) is 1.78.